The van der Waals surface area contributed by atoms with Crippen LogP contribution in [0.3, 0.4) is 0 Å². The van der Waals surface area contributed by atoms with E-state index in [1.54, 1.807) is 12.5 Å². The Kier molecular flexibility index (Phi) is 4.75. The second kappa shape index (κ2) is 6.35. The summed E-state index contributed by atoms with van der Waals surface area (Å²) in [4.78, 5) is 23.6. The standard InChI is InChI=1S/C14H19BrN4O/c1-4-5-19-8-16-7-11(19)13-17-10(6-9(2)3)12(15)14(20)18-13/h7-9H,4-6H2,1-3H3,(H,17,18,20). The Morgan fingerprint density at radius 1 is 1.45 bits per heavy atom. The number of aryl methyl sites for hydroxylation is 1. The lowest BCUT2D eigenvalue weighted by molar-refractivity contribution is 0.630. The zero-order valence-corrected chi connectivity index (χ0v) is 13.6. The predicted octanol–water partition coefficient (Wildman–Crippen LogP) is 3.00. The molecule has 0 atom stereocenters. The van der Waals surface area contributed by atoms with Crippen LogP contribution >= 0.6 is 15.9 Å². The molecule has 0 aliphatic carbocycles. The van der Waals surface area contributed by atoms with Crippen LogP contribution in [0.25, 0.3) is 11.5 Å². The van der Waals surface area contributed by atoms with Gasteiger partial charge in [-0.2, -0.15) is 0 Å². The Labute approximate surface area is 126 Å². The largest absolute Gasteiger partial charge is 0.328 e. The second-order valence-electron chi connectivity index (χ2n) is 5.25. The molecule has 0 amide bonds. The van der Waals surface area contributed by atoms with E-state index < -0.39 is 0 Å². The van der Waals surface area contributed by atoms with Crippen molar-refractivity contribution in [1.82, 2.24) is 19.5 Å². The van der Waals surface area contributed by atoms with Crippen molar-refractivity contribution < 1.29 is 0 Å². The summed E-state index contributed by atoms with van der Waals surface area (Å²) < 4.78 is 2.53. The number of aromatic amines is 1. The summed E-state index contributed by atoms with van der Waals surface area (Å²) in [6.45, 7) is 7.17. The number of imidazole rings is 1. The molecule has 0 aliphatic rings. The maximum Gasteiger partial charge on any atom is 0.265 e. The summed E-state index contributed by atoms with van der Waals surface area (Å²) in [5.41, 5.74) is 1.50. The highest BCUT2D eigenvalue weighted by Crippen LogP contribution is 2.19. The normalized spacial score (nSPS) is 11.2. The fraction of sp³-hybridized carbons (Fsp3) is 0.500. The molecule has 5 nitrogen and oxygen atoms in total. The van der Waals surface area contributed by atoms with Crippen molar-refractivity contribution >= 4 is 15.9 Å². The first-order valence-corrected chi connectivity index (χ1v) is 7.61. The molecule has 0 bridgehead atoms. The molecule has 2 heterocycles. The SMILES string of the molecule is CCCn1cncc1-c1nc(CC(C)C)c(Br)c(=O)[nH]1. The summed E-state index contributed by atoms with van der Waals surface area (Å²) in [6, 6.07) is 0. The summed E-state index contributed by atoms with van der Waals surface area (Å²) in [5, 5.41) is 0. The molecule has 0 aromatic carbocycles. The minimum absolute atomic E-state index is 0.144. The van der Waals surface area contributed by atoms with Crippen molar-refractivity contribution in [3.8, 4) is 11.5 Å². The van der Waals surface area contributed by atoms with Crippen LogP contribution in [0, 0.1) is 5.92 Å². The first-order chi connectivity index (χ1) is 9.52. The molecule has 0 spiro atoms. The van der Waals surface area contributed by atoms with E-state index in [0.29, 0.717) is 16.2 Å². The van der Waals surface area contributed by atoms with Gasteiger partial charge in [-0.05, 0) is 34.7 Å². The highest BCUT2D eigenvalue weighted by atomic mass is 79.9. The van der Waals surface area contributed by atoms with Crippen molar-refractivity contribution in [3.63, 3.8) is 0 Å². The topological polar surface area (TPSA) is 63.6 Å². The van der Waals surface area contributed by atoms with Gasteiger partial charge >= 0.3 is 0 Å². The van der Waals surface area contributed by atoms with Gasteiger partial charge in [-0.15, -0.1) is 0 Å². The van der Waals surface area contributed by atoms with Crippen LogP contribution in [-0.2, 0) is 13.0 Å². The minimum atomic E-state index is -0.144. The molecule has 2 aromatic heterocycles. The van der Waals surface area contributed by atoms with E-state index in [0.717, 1.165) is 30.8 Å². The molecule has 20 heavy (non-hydrogen) atoms. The Balaban J connectivity index is 2.49. The van der Waals surface area contributed by atoms with Crippen LogP contribution in [0.15, 0.2) is 21.8 Å². The second-order valence-corrected chi connectivity index (χ2v) is 6.04. The molecule has 0 fully saturated rings. The summed E-state index contributed by atoms with van der Waals surface area (Å²) in [6.07, 6.45) is 5.27. The third-order valence-electron chi connectivity index (χ3n) is 2.95. The fourth-order valence-electron chi connectivity index (χ4n) is 2.09. The molecule has 0 aliphatic heterocycles. The monoisotopic (exact) mass is 338 g/mol. The van der Waals surface area contributed by atoms with Gasteiger partial charge in [-0.25, -0.2) is 9.97 Å². The van der Waals surface area contributed by atoms with Crippen molar-refractivity contribution in [2.75, 3.05) is 0 Å². The molecule has 2 rings (SSSR count). The zero-order chi connectivity index (χ0) is 14.7. The molecule has 0 saturated heterocycles. The molecule has 108 valence electrons. The van der Waals surface area contributed by atoms with Gasteiger partial charge in [0.1, 0.15) is 10.2 Å². The van der Waals surface area contributed by atoms with Crippen LogP contribution in [-0.4, -0.2) is 19.5 Å². The van der Waals surface area contributed by atoms with Gasteiger partial charge in [0, 0.05) is 6.54 Å². The van der Waals surface area contributed by atoms with Crippen LogP contribution in [0.5, 0.6) is 0 Å². The van der Waals surface area contributed by atoms with E-state index in [-0.39, 0.29) is 5.56 Å². The van der Waals surface area contributed by atoms with E-state index in [2.05, 4.69) is 51.7 Å². The lowest BCUT2D eigenvalue weighted by atomic mass is 10.1. The number of halogens is 1. The average Bonchev–Trinajstić information content (AvgIpc) is 2.83. The van der Waals surface area contributed by atoms with E-state index in [4.69, 9.17) is 0 Å². The number of rotatable bonds is 5. The van der Waals surface area contributed by atoms with E-state index in [1.807, 2.05) is 4.57 Å². The minimum Gasteiger partial charge on any atom is -0.328 e. The Morgan fingerprint density at radius 2 is 2.20 bits per heavy atom. The molecule has 0 saturated carbocycles. The fourth-order valence-corrected chi connectivity index (χ4v) is 2.44. The Hall–Kier alpha value is -1.43. The van der Waals surface area contributed by atoms with E-state index >= 15 is 0 Å². The highest BCUT2D eigenvalue weighted by Gasteiger charge is 2.14. The molecule has 1 N–H and O–H groups in total. The van der Waals surface area contributed by atoms with Gasteiger partial charge in [0.25, 0.3) is 5.56 Å². The number of nitrogens with one attached hydrogen (secondary N) is 1. The van der Waals surface area contributed by atoms with Gasteiger partial charge in [0.2, 0.25) is 0 Å². The van der Waals surface area contributed by atoms with E-state index in [1.165, 1.54) is 0 Å². The van der Waals surface area contributed by atoms with Crippen LogP contribution in [0.1, 0.15) is 32.9 Å². The highest BCUT2D eigenvalue weighted by molar-refractivity contribution is 9.10. The first kappa shape index (κ1) is 15.0. The van der Waals surface area contributed by atoms with Crippen LogP contribution in [0.4, 0.5) is 0 Å². The molecule has 6 heteroatoms. The van der Waals surface area contributed by atoms with Crippen LogP contribution < -0.4 is 5.56 Å². The van der Waals surface area contributed by atoms with Crippen LogP contribution in [0.2, 0.25) is 0 Å². The van der Waals surface area contributed by atoms with Gasteiger partial charge in [0.05, 0.1) is 18.2 Å². The summed E-state index contributed by atoms with van der Waals surface area (Å²) in [5.74, 6) is 1.02. The van der Waals surface area contributed by atoms with Crippen molar-refractivity contribution in [3.05, 3.63) is 33.0 Å². The lowest BCUT2D eigenvalue weighted by Gasteiger charge is -2.10. The molecular weight excluding hydrogens is 320 g/mol. The van der Waals surface area contributed by atoms with Gasteiger partial charge in [0.15, 0.2) is 5.82 Å². The number of hydrogen-bond donors (Lipinski definition) is 1. The zero-order valence-electron chi connectivity index (χ0n) is 12.0. The van der Waals surface area contributed by atoms with Crippen molar-refractivity contribution in [2.45, 2.75) is 40.2 Å². The van der Waals surface area contributed by atoms with Gasteiger partial charge in [-0.3, -0.25) is 4.79 Å². The van der Waals surface area contributed by atoms with Gasteiger partial charge < -0.3 is 9.55 Å². The quantitative estimate of drug-likeness (QED) is 0.911. The van der Waals surface area contributed by atoms with Crippen molar-refractivity contribution in [2.24, 2.45) is 5.92 Å². The average molecular weight is 339 g/mol. The Bertz CT molecular complexity index is 645. The number of nitrogens with zero attached hydrogens (tertiary/aromatic N) is 3. The molecular formula is C14H19BrN4O. The molecule has 0 unspecified atom stereocenters. The number of H-pyrrole nitrogens is 1. The summed E-state index contributed by atoms with van der Waals surface area (Å²) >= 11 is 3.33. The Morgan fingerprint density at radius 3 is 2.85 bits per heavy atom. The smallest absolute Gasteiger partial charge is 0.265 e. The maximum absolute atomic E-state index is 12.0. The number of hydrogen-bond acceptors (Lipinski definition) is 3. The third-order valence-corrected chi connectivity index (χ3v) is 3.77. The lowest BCUT2D eigenvalue weighted by Crippen LogP contribution is -2.16. The third kappa shape index (κ3) is 3.17. The number of aromatic nitrogens is 4. The predicted molar refractivity (Wildman–Crippen MR) is 82.6 cm³/mol. The summed E-state index contributed by atoms with van der Waals surface area (Å²) in [7, 11) is 0. The van der Waals surface area contributed by atoms with Crippen molar-refractivity contribution in [1.29, 1.82) is 0 Å². The maximum atomic E-state index is 12.0. The van der Waals surface area contributed by atoms with E-state index in [9.17, 15) is 4.79 Å². The molecule has 2 aromatic rings. The first-order valence-electron chi connectivity index (χ1n) is 6.82. The molecule has 0 radical (unpaired) electrons. The van der Waals surface area contributed by atoms with Gasteiger partial charge in [-0.1, -0.05) is 20.8 Å².